The third-order valence-electron chi connectivity index (χ3n) is 3.44. The molecule has 21 heavy (non-hydrogen) atoms. The van der Waals surface area contributed by atoms with Crippen LogP contribution in [-0.2, 0) is 6.54 Å². The van der Waals surface area contributed by atoms with E-state index in [1.807, 2.05) is 43.0 Å². The Morgan fingerprint density at radius 1 is 1.19 bits per heavy atom. The van der Waals surface area contributed by atoms with Crippen molar-refractivity contribution < 1.29 is 14.3 Å². The van der Waals surface area contributed by atoms with Gasteiger partial charge in [0.2, 0.25) is 0 Å². The van der Waals surface area contributed by atoms with Gasteiger partial charge in [0.1, 0.15) is 5.82 Å². The number of aryl methyl sites for hydroxylation is 1. The molecular weight excluding hydrogens is 269 g/mol. The lowest BCUT2D eigenvalue weighted by atomic mass is 10.1. The number of carbonyl (C=O) groups is 1. The van der Waals surface area contributed by atoms with Gasteiger partial charge in [0.15, 0.2) is 0 Å². The van der Waals surface area contributed by atoms with Crippen molar-refractivity contribution in [2.45, 2.75) is 20.4 Å². The second kappa shape index (κ2) is 6.39. The molecule has 0 saturated carbocycles. The number of halogens is 1. The van der Waals surface area contributed by atoms with Crippen LogP contribution in [-0.4, -0.2) is 17.6 Å². The van der Waals surface area contributed by atoms with E-state index >= 15 is 0 Å². The number of hydrogen-bond acceptors (Lipinski definition) is 2. The monoisotopic (exact) mass is 287 g/mol. The molecule has 0 spiro atoms. The second-order valence-electron chi connectivity index (χ2n) is 4.96. The van der Waals surface area contributed by atoms with Gasteiger partial charge in [-0.3, -0.25) is 0 Å². The first-order chi connectivity index (χ1) is 10.0. The van der Waals surface area contributed by atoms with Crippen LogP contribution < -0.4 is 4.90 Å². The van der Waals surface area contributed by atoms with E-state index in [1.54, 1.807) is 0 Å². The molecule has 0 amide bonds. The van der Waals surface area contributed by atoms with Crippen LogP contribution in [0.25, 0.3) is 0 Å². The molecule has 2 aromatic rings. The molecule has 1 N–H and O–H groups in total. The van der Waals surface area contributed by atoms with Crippen molar-refractivity contribution in [2.75, 3.05) is 11.4 Å². The molecule has 0 atom stereocenters. The van der Waals surface area contributed by atoms with Gasteiger partial charge in [0.25, 0.3) is 0 Å². The van der Waals surface area contributed by atoms with Crippen molar-refractivity contribution >= 4 is 11.7 Å². The smallest absolute Gasteiger partial charge is 0.335 e. The van der Waals surface area contributed by atoms with E-state index < -0.39 is 11.8 Å². The Hall–Kier alpha value is -2.36. The molecule has 0 aliphatic carbocycles. The quantitative estimate of drug-likeness (QED) is 0.907. The lowest BCUT2D eigenvalue weighted by Gasteiger charge is -2.23. The SMILES string of the molecule is CCN(Cc1ccc(C(=O)O)cc1F)c1ccc(C)cc1. The summed E-state index contributed by atoms with van der Waals surface area (Å²) in [5.74, 6) is -1.60. The minimum atomic E-state index is -1.12. The summed E-state index contributed by atoms with van der Waals surface area (Å²) in [4.78, 5) is 12.9. The van der Waals surface area contributed by atoms with Gasteiger partial charge in [-0.25, -0.2) is 9.18 Å². The number of carboxylic acid groups (broad SMARTS) is 1. The third-order valence-corrected chi connectivity index (χ3v) is 3.44. The maximum absolute atomic E-state index is 14.0. The minimum Gasteiger partial charge on any atom is -0.478 e. The summed E-state index contributed by atoms with van der Waals surface area (Å²) in [6.07, 6.45) is 0. The summed E-state index contributed by atoms with van der Waals surface area (Å²) in [5, 5.41) is 8.86. The van der Waals surface area contributed by atoms with Crippen LogP contribution in [0.1, 0.15) is 28.4 Å². The van der Waals surface area contributed by atoms with Gasteiger partial charge in [-0.2, -0.15) is 0 Å². The summed E-state index contributed by atoms with van der Waals surface area (Å²) in [6.45, 7) is 5.17. The molecule has 0 aliphatic heterocycles. The van der Waals surface area contributed by atoms with Gasteiger partial charge >= 0.3 is 5.97 Å². The van der Waals surface area contributed by atoms with E-state index in [0.29, 0.717) is 12.1 Å². The van der Waals surface area contributed by atoms with Crippen molar-refractivity contribution in [3.8, 4) is 0 Å². The highest BCUT2D eigenvalue weighted by molar-refractivity contribution is 5.87. The predicted molar refractivity (Wildman–Crippen MR) is 81.3 cm³/mol. The number of aromatic carboxylic acids is 1. The average Bonchev–Trinajstić information content (AvgIpc) is 2.47. The molecule has 0 bridgehead atoms. The van der Waals surface area contributed by atoms with Crippen molar-refractivity contribution in [2.24, 2.45) is 0 Å². The zero-order valence-corrected chi connectivity index (χ0v) is 12.1. The van der Waals surface area contributed by atoms with E-state index in [2.05, 4.69) is 0 Å². The molecule has 3 nitrogen and oxygen atoms in total. The molecule has 0 fully saturated rings. The Labute approximate surface area is 123 Å². The van der Waals surface area contributed by atoms with Gasteiger partial charge in [-0.1, -0.05) is 23.8 Å². The van der Waals surface area contributed by atoms with E-state index in [4.69, 9.17) is 5.11 Å². The van der Waals surface area contributed by atoms with Crippen LogP contribution >= 0.6 is 0 Å². The van der Waals surface area contributed by atoms with Crippen LogP contribution in [0.5, 0.6) is 0 Å². The van der Waals surface area contributed by atoms with E-state index in [9.17, 15) is 9.18 Å². The second-order valence-corrected chi connectivity index (χ2v) is 4.96. The third kappa shape index (κ3) is 3.60. The topological polar surface area (TPSA) is 40.5 Å². The number of rotatable bonds is 5. The fraction of sp³-hybridized carbons (Fsp3) is 0.235. The highest BCUT2D eigenvalue weighted by Crippen LogP contribution is 2.20. The Kier molecular flexibility index (Phi) is 4.58. The maximum Gasteiger partial charge on any atom is 0.335 e. The molecule has 4 heteroatoms. The van der Waals surface area contributed by atoms with Crippen molar-refractivity contribution in [3.05, 3.63) is 65.0 Å². The van der Waals surface area contributed by atoms with Crippen molar-refractivity contribution in [1.82, 2.24) is 0 Å². The molecular formula is C17H18FNO2. The van der Waals surface area contributed by atoms with Gasteiger partial charge in [0, 0.05) is 24.3 Å². The van der Waals surface area contributed by atoms with Gasteiger partial charge in [-0.15, -0.1) is 0 Å². The van der Waals surface area contributed by atoms with E-state index in [-0.39, 0.29) is 5.56 Å². The summed E-state index contributed by atoms with van der Waals surface area (Å²) in [6, 6.07) is 12.1. The Bertz CT molecular complexity index is 638. The van der Waals surface area contributed by atoms with Crippen LogP contribution in [0.3, 0.4) is 0 Å². The van der Waals surface area contributed by atoms with E-state index in [1.165, 1.54) is 17.7 Å². The highest BCUT2D eigenvalue weighted by atomic mass is 19.1. The Morgan fingerprint density at radius 2 is 1.86 bits per heavy atom. The molecule has 110 valence electrons. The normalized spacial score (nSPS) is 10.4. The zero-order chi connectivity index (χ0) is 15.4. The Morgan fingerprint density at radius 3 is 2.38 bits per heavy atom. The molecule has 0 aliphatic rings. The zero-order valence-electron chi connectivity index (χ0n) is 12.1. The summed E-state index contributed by atoms with van der Waals surface area (Å²) < 4.78 is 14.0. The average molecular weight is 287 g/mol. The maximum atomic E-state index is 14.0. The van der Waals surface area contributed by atoms with Gasteiger partial charge in [0.05, 0.1) is 5.56 Å². The van der Waals surface area contributed by atoms with Crippen molar-refractivity contribution in [1.29, 1.82) is 0 Å². The molecule has 0 aromatic heterocycles. The van der Waals surface area contributed by atoms with Crippen LogP contribution in [0, 0.1) is 12.7 Å². The Balaban J connectivity index is 2.22. The number of carboxylic acids is 1. The molecule has 0 unspecified atom stereocenters. The summed E-state index contributed by atoms with van der Waals surface area (Å²) >= 11 is 0. The predicted octanol–water partition coefficient (Wildman–Crippen LogP) is 3.86. The number of nitrogens with zero attached hydrogens (tertiary/aromatic N) is 1. The number of hydrogen-bond donors (Lipinski definition) is 1. The molecule has 2 rings (SSSR count). The molecule has 2 aromatic carbocycles. The molecule has 0 heterocycles. The lowest BCUT2D eigenvalue weighted by Crippen LogP contribution is -2.22. The van der Waals surface area contributed by atoms with Gasteiger partial charge < -0.3 is 10.0 Å². The van der Waals surface area contributed by atoms with Crippen LogP contribution in [0.15, 0.2) is 42.5 Å². The summed E-state index contributed by atoms with van der Waals surface area (Å²) in [5.41, 5.74) is 2.65. The minimum absolute atomic E-state index is 0.0327. The first kappa shape index (κ1) is 15.0. The van der Waals surface area contributed by atoms with E-state index in [0.717, 1.165) is 18.3 Å². The fourth-order valence-electron chi connectivity index (χ4n) is 2.16. The fourth-order valence-corrected chi connectivity index (χ4v) is 2.16. The number of benzene rings is 2. The molecule has 0 saturated heterocycles. The lowest BCUT2D eigenvalue weighted by molar-refractivity contribution is 0.0696. The highest BCUT2D eigenvalue weighted by Gasteiger charge is 2.11. The van der Waals surface area contributed by atoms with Crippen LogP contribution in [0.4, 0.5) is 10.1 Å². The van der Waals surface area contributed by atoms with Crippen molar-refractivity contribution in [3.63, 3.8) is 0 Å². The standard InChI is InChI=1S/C17H18FNO2/c1-3-19(15-8-4-12(2)5-9-15)11-14-7-6-13(17(20)21)10-16(14)18/h4-10H,3,11H2,1-2H3,(H,20,21). The van der Waals surface area contributed by atoms with Gasteiger partial charge in [-0.05, 0) is 38.1 Å². The molecule has 0 radical (unpaired) electrons. The van der Waals surface area contributed by atoms with Crippen LogP contribution in [0.2, 0.25) is 0 Å². The first-order valence-electron chi connectivity index (χ1n) is 6.84. The number of anilines is 1. The summed E-state index contributed by atoms with van der Waals surface area (Å²) in [7, 11) is 0. The first-order valence-corrected chi connectivity index (χ1v) is 6.84. The largest absolute Gasteiger partial charge is 0.478 e.